The van der Waals surface area contributed by atoms with Gasteiger partial charge in [0.25, 0.3) is 5.91 Å². The summed E-state index contributed by atoms with van der Waals surface area (Å²) in [6, 6.07) is 22.9. The van der Waals surface area contributed by atoms with Crippen molar-refractivity contribution < 1.29 is 76.9 Å². The Morgan fingerprint density at radius 2 is 1.34 bits per heavy atom. The molecule has 1 heterocycles. The molecule has 17 heteroatoms. The van der Waals surface area contributed by atoms with Gasteiger partial charge in [-0.25, -0.2) is 14.4 Å². The number of amides is 1. The summed E-state index contributed by atoms with van der Waals surface area (Å²) >= 11 is 0. The number of allylic oxidation sites excluding steroid dienone is 4. The molecule has 7 rings (SSSR count). The van der Waals surface area contributed by atoms with Gasteiger partial charge in [0, 0.05) is 37.7 Å². The van der Waals surface area contributed by atoms with Crippen molar-refractivity contribution in [2.75, 3.05) is 13.2 Å². The SMILES string of the molecule is CCCCC/C=C\C/C=C\CCCCCCCCOC(=O)O[C@@H](C(=O)O[C@H]1C[C@@]2(O)[C@@H](OC(=O)c3ccccc3)[C@@H]3[C@]4(OC(C)=O)CO[C@@H]4C[C@H](O)[C@@]3(C)C(=O)[C@H](OC(C)=O)C(=C1C)C2(C)C)[C@@H](NC(=O)c1ccccc1)c1ccccc1. The molecule has 11 atom stereocenters. The molecule has 3 N–H and O–H groups in total. The summed E-state index contributed by atoms with van der Waals surface area (Å²) in [6.45, 7) is 10.1. The third-order valence-corrected chi connectivity index (χ3v) is 17.2. The van der Waals surface area contributed by atoms with E-state index < -0.39 is 119 Å². The summed E-state index contributed by atoms with van der Waals surface area (Å²) in [6.07, 6.45) is 8.94. The molecule has 83 heavy (non-hydrogen) atoms. The number of carbonyl (C=O) groups is 7. The van der Waals surface area contributed by atoms with E-state index in [1.165, 1.54) is 45.2 Å². The van der Waals surface area contributed by atoms with Gasteiger partial charge in [-0.2, -0.15) is 0 Å². The van der Waals surface area contributed by atoms with Gasteiger partial charge in [0.1, 0.15) is 30.0 Å². The zero-order valence-corrected chi connectivity index (χ0v) is 49.0. The fraction of sp³-hybridized carbons (Fsp3) is 0.530. The number of esters is 4. The van der Waals surface area contributed by atoms with Crippen LogP contribution in [0.15, 0.2) is 126 Å². The Morgan fingerprint density at radius 1 is 0.747 bits per heavy atom. The predicted molar refractivity (Wildman–Crippen MR) is 307 cm³/mol. The second-order valence-corrected chi connectivity index (χ2v) is 23.1. The van der Waals surface area contributed by atoms with Crippen molar-refractivity contribution in [3.8, 4) is 0 Å². The van der Waals surface area contributed by atoms with E-state index in [-0.39, 0.29) is 41.9 Å². The lowest BCUT2D eigenvalue weighted by Gasteiger charge is -2.67. The van der Waals surface area contributed by atoms with Gasteiger partial charge >= 0.3 is 30.0 Å². The first kappa shape index (κ1) is 63.6. The van der Waals surface area contributed by atoms with Crippen molar-refractivity contribution in [2.24, 2.45) is 16.7 Å². The number of Topliss-reactive ketones (excluding diaryl/α,β-unsaturated/α-hetero) is 1. The molecule has 0 radical (unpaired) electrons. The van der Waals surface area contributed by atoms with Crippen molar-refractivity contribution in [3.05, 3.63) is 143 Å². The molecule has 0 aromatic heterocycles. The highest BCUT2D eigenvalue weighted by atomic mass is 16.7. The van der Waals surface area contributed by atoms with Gasteiger partial charge in [0.15, 0.2) is 17.5 Å². The maximum absolute atomic E-state index is 15.8. The van der Waals surface area contributed by atoms with Crippen LogP contribution in [0.2, 0.25) is 0 Å². The molecule has 17 nitrogen and oxygen atoms in total. The Labute approximate surface area is 487 Å². The molecule has 3 aliphatic carbocycles. The topological polar surface area (TPSA) is 237 Å². The maximum Gasteiger partial charge on any atom is 0.509 e. The minimum atomic E-state index is -2.47. The zero-order valence-electron chi connectivity index (χ0n) is 49.0. The largest absolute Gasteiger partial charge is 0.509 e. The van der Waals surface area contributed by atoms with Crippen molar-refractivity contribution in [3.63, 3.8) is 0 Å². The highest BCUT2D eigenvalue weighted by Gasteiger charge is 2.78. The number of aliphatic hydroxyl groups is 2. The molecule has 448 valence electrons. The quantitative estimate of drug-likeness (QED) is 0.0293. The van der Waals surface area contributed by atoms with Crippen LogP contribution in [-0.4, -0.2) is 113 Å². The van der Waals surface area contributed by atoms with Crippen LogP contribution in [0.1, 0.15) is 171 Å². The number of nitrogens with one attached hydrogen (secondary N) is 1. The van der Waals surface area contributed by atoms with Crippen LogP contribution in [0, 0.1) is 16.7 Å². The lowest BCUT2D eigenvalue weighted by atomic mass is 9.44. The minimum Gasteiger partial charge on any atom is -0.455 e. The highest BCUT2D eigenvalue weighted by molar-refractivity contribution is 5.96. The molecule has 1 saturated heterocycles. The Hall–Kier alpha value is -6.95. The summed E-state index contributed by atoms with van der Waals surface area (Å²) in [5, 5.41) is 29.2. The zero-order chi connectivity index (χ0) is 60.0. The van der Waals surface area contributed by atoms with Gasteiger partial charge in [-0.3, -0.25) is 19.2 Å². The van der Waals surface area contributed by atoms with E-state index in [4.69, 9.17) is 33.2 Å². The van der Waals surface area contributed by atoms with E-state index in [2.05, 4.69) is 36.5 Å². The van der Waals surface area contributed by atoms with Crippen LogP contribution in [0.25, 0.3) is 0 Å². The summed E-state index contributed by atoms with van der Waals surface area (Å²) in [5.41, 5.74) is -7.42. The number of fused-ring (bicyclic) bond motifs is 5. The number of ketones is 1. The van der Waals surface area contributed by atoms with Crippen LogP contribution in [0.4, 0.5) is 4.79 Å². The van der Waals surface area contributed by atoms with E-state index in [1.54, 1.807) is 92.7 Å². The fourth-order valence-corrected chi connectivity index (χ4v) is 12.7. The minimum absolute atomic E-state index is 0.0347. The number of benzene rings is 3. The molecular formula is C66H83NO16. The lowest BCUT2D eigenvalue weighted by Crippen LogP contribution is -2.82. The van der Waals surface area contributed by atoms with E-state index >= 15 is 9.59 Å². The number of unbranched alkanes of at least 4 members (excludes halogenated alkanes) is 9. The number of hydrogen-bond donors (Lipinski definition) is 3. The summed E-state index contributed by atoms with van der Waals surface area (Å²) in [5.74, 6) is -7.01. The van der Waals surface area contributed by atoms with E-state index in [9.17, 15) is 34.2 Å². The van der Waals surface area contributed by atoms with Gasteiger partial charge in [0.2, 0.25) is 6.10 Å². The first-order valence-corrected chi connectivity index (χ1v) is 29.4. The van der Waals surface area contributed by atoms with Gasteiger partial charge in [0.05, 0.1) is 36.2 Å². The third kappa shape index (κ3) is 14.4. The van der Waals surface area contributed by atoms with Gasteiger partial charge < -0.3 is 48.7 Å². The first-order chi connectivity index (χ1) is 39.7. The monoisotopic (exact) mass is 1150 g/mol. The maximum atomic E-state index is 15.8. The van der Waals surface area contributed by atoms with Gasteiger partial charge in [-0.15, -0.1) is 0 Å². The van der Waals surface area contributed by atoms with Crippen molar-refractivity contribution >= 4 is 41.7 Å². The van der Waals surface area contributed by atoms with Crippen LogP contribution in [0.5, 0.6) is 0 Å². The van der Waals surface area contributed by atoms with E-state index in [0.717, 1.165) is 65.2 Å². The van der Waals surface area contributed by atoms with Gasteiger partial charge in [-0.1, -0.05) is 150 Å². The number of hydrogen-bond acceptors (Lipinski definition) is 16. The molecule has 4 aliphatic rings. The summed E-state index contributed by atoms with van der Waals surface area (Å²) in [4.78, 5) is 100. The number of aliphatic hydroxyl groups excluding tert-OH is 1. The lowest BCUT2D eigenvalue weighted by molar-refractivity contribution is -0.346. The van der Waals surface area contributed by atoms with Crippen LogP contribution in [0.3, 0.4) is 0 Å². The highest BCUT2D eigenvalue weighted by Crippen LogP contribution is 2.64. The Kier molecular flexibility index (Phi) is 21.9. The Balaban J connectivity index is 1.21. The molecule has 0 unspecified atom stereocenters. The Morgan fingerprint density at radius 3 is 1.93 bits per heavy atom. The molecule has 0 spiro atoms. The number of ether oxygens (including phenoxy) is 7. The van der Waals surface area contributed by atoms with Crippen LogP contribution in [-0.2, 0) is 52.3 Å². The smallest absolute Gasteiger partial charge is 0.455 e. The number of rotatable bonds is 26. The molecule has 2 saturated carbocycles. The number of carbonyl (C=O) groups excluding carboxylic acids is 7. The molecule has 1 amide bonds. The summed E-state index contributed by atoms with van der Waals surface area (Å²) in [7, 11) is 0. The molecular weight excluding hydrogens is 1060 g/mol. The summed E-state index contributed by atoms with van der Waals surface area (Å²) < 4.78 is 42.6. The normalized spacial score (nSPS) is 26.9. The standard InChI is InChI=1S/C66H83NO16/c1-8-9-10-11-12-13-14-15-16-17-18-19-20-21-22-32-39-77-62(75)81-55(53(46-33-26-23-27-34-46)67-59(72)47-35-28-24-29-36-47)61(74)80-49-41-66(76)58(82-60(73)48-37-30-25-31-38-48)56-64(7,50(70)40-51-65(56,42-78-51)83-45(4)69)57(71)54(79-44(3)68)52(43(49)2)63(66,5)6/h12-13,15-16,23-31,33-38,49-51,53-56,58,70,76H,8-11,14,17-22,32,39-42H2,1-7H3,(H,67,72)/b13-12-,16-15-/t49-,50-,51+,53-,54+,55+,56-,58-,64+,65-,66+/m0/s1. The first-order valence-electron chi connectivity index (χ1n) is 29.4. The third-order valence-electron chi connectivity index (χ3n) is 17.2. The average molecular weight is 1150 g/mol. The molecule has 3 fully saturated rings. The van der Waals surface area contributed by atoms with Crippen molar-refractivity contribution in [2.45, 2.75) is 192 Å². The van der Waals surface area contributed by atoms with Gasteiger partial charge in [-0.05, 0) is 93.3 Å². The van der Waals surface area contributed by atoms with Crippen molar-refractivity contribution in [1.29, 1.82) is 0 Å². The van der Waals surface area contributed by atoms with Crippen LogP contribution < -0.4 is 5.32 Å². The molecule has 3 aromatic carbocycles. The molecule has 2 bridgehead atoms. The fourth-order valence-electron chi connectivity index (χ4n) is 12.7. The average Bonchev–Trinajstić information content (AvgIpc) is 0.824. The molecule has 1 aliphatic heterocycles. The predicted octanol–water partition coefficient (Wildman–Crippen LogP) is 10.7. The Bertz CT molecular complexity index is 2830. The van der Waals surface area contributed by atoms with E-state index in [0.29, 0.717) is 12.0 Å². The van der Waals surface area contributed by atoms with Crippen molar-refractivity contribution in [1.82, 2.24) is 5.32 Å². The second kappa shape index (κ2) is 28.6. The van der Waals surface area contributed by atoms with E-state index in [1.807, 2.05) is 0 Å². The van der Waals surface area contributed by atoms with Crippen LogP contribution >= 0.6 is 0 Å². The second-order valence-electron chi connectivity index (χ2n) is 23.1. The molecule has 3 aromatic rings.